The van der Waals surface area contributed by atoms with Gasteiger partial charge in [-0.15, -0.1) is 35.5 Å². The van der Waals surface area contributed by atoms with Gasteiger partial charge in [-0.3, -0.25) is 0 Å². The van der Waals surface area contributed by atoms with E-state index in [4.69, 9.17) is 0 Å². The van der Waals surface area contributed by atoms with Gasteiger partial charge in [-0.05, 0) is 65.0 Å². The normalized spacial score (nSPS) is 10.5. The molecular formula is C36H33N3Pt. The maximum Gasteiger partial charge on any atom is 2.00 e. The zero-order valence-electron chi connectivity index (χ0n) is 23.0. The van der Waals surface area contributed by atoms with Gasteiger partial charge >= 0.3 is 21.1 Å². The Morgan fingerprint density at radius 1 is 0.950 bits per heavy atom. The Labute approximate surface area is 253 Å². The van der Waals surface area contributed by atoms with Crippen LogP contribution in [0.5, 0.6) is 0 Å². The average Bonchev–Trinajstić information content (AvgIpc) is 3.01. The number of rotatable bonds is 9. The van der Waals surface area contributed by atoms with Gasteiger partial charge in [0, 0.05) is 18.9 Å². The number of pyridine rings is 1. The van der Waals surface area contributed by atoms with Crippen LogP contribution in [-0.2, 0) is 21.1 Å². The van der Waals surface area contributed by atoms with E-state index in [0.717, 1.165) is 39.3 Å². The van der Waals surface area contributed by atoms with Crippen molar-refractivity contribution in [2.75, 3.05) is 11.9 Å². The SMILES string of the molecule is C=[C-]C(=C)N(c1[c-]c(-c2cc(/C(C=C)=C/C=C)ccn2)ccc1)c1ccc(-c2ccccc2)cc1.CC=NC.[Pt+2]. The predicted octanol–water partition coefficient (Wildman–Crippen LogP) is 9.32. The zero-order valence-corrected chi connectivity index (χ0v) is 25.2. The molecule has 0 fully saturated rings. The second-order valence-electron chi connectivity index (χ2n) is 8.33. The molecule has 0 aliphatic heterocycles. The van der Waals surface area contributed by atoms with Crippen LogP contribution in [0.15, 0.2) is 146 Å². The summed E-state index contributed by atoms with van der Waals surface area (Å²) in [4.78, 5) is 10.2. The van der Waals surface area contributed by atoms with Crippen LogP contribution in [0.3, 0.4) is 0 Å². The number of aromatic nitrogens is 1. The van der Waals surface area contributed by atoms with Gasteiger partial charge in [0.1, 0.15) is 0 Å². The largest absolute Gasteiger partial charge is 2.00 e. The van der Waals surface area contributed by atoms with Crippen LogP contribution in [0, 0.1) is 12.1 Å². The molecule has 1 aromatic heterocycles. The van der Waals surface area contributed by atoms with Crippen LogP contribution >= 0.6 is 0 Å². The third-order valence-corrected chi connectivity index (χ3v) is 5.87. The minimum absolute atomic E-state index is 0. The second-order valence-corrected chi connectivity index (χ2v) is 8.33. The molecule has 0 saturated carbocycles. The fraction of sp³-hybridized carbons (Fsp3) is 0.0556. The van der Waals surface area contributed by atoms with Gasteiger partial charge in [0.15, 0.2) is 0 Å². The van der Waals surface area contributed by atoms with E-state index in [1.807, 2.05) is 72.5 Å². The Morgan fingerprint density at radius 3 is 2.23 bits per heavy atom. The van der Waals surface area contributed by atoms with Crippen molar-refractivity contribution >= 4 is 23.2 Å². The Morgan fingerprint density at radius 2 is 1.62 bits per heavy atom. The summed E-state index contributed by atoms with van der Waals surface area (Å²) < 4.78 is 0. The maximum atomic E-state index is 4.58. The monoisotopic (exact) mass is 702 g/mol. The fourth-order valence-electron chi connectivity index (χ4n) is 3.86. The van der Waals surface area contributed by atoms with E-state index in [-0.39, 0.29) is 21.1 Å². The van der Waals surface area contributed by atoms with E-state index in [1.54, 1.807) is 25.5 Å². The third kappa shape index (κ3) is 8.33. The second kappa shape index (κ2) is 16.6. The molecule has 0 bridgehead atoms. The van der Waals surface area contributed by atoms with Crippen molar-refractivity contribution in [1.29, 1.82) is 0 Å². The molecule has 0 aliphatic carbocycles. The molecule has 4 heteroatoms. The quantitative estimate of drug-likeness (QED) is 0.0989. The molecule has 0 aliphatic rings. The minimum atomic E-state index is 0. The molecule has 4 rings (SSSR count). The first-order chi connectivity index (χ1) is 19.1. The number of allylic oxidation sites excluding steroid dienone is 5. The summed E-state index contributed by atoms with van der Waals surface area (Å²) in [5.41, 5.74) is 8.40. The van der Waals surface area contributed by atoms with Gasteiger partial charge < -0.3 is 14.9 Å². The molecule has 0 radical (unpaired) electrons. The summed E-state index contributed by atoms with van der Waals surface area (Å²) in [6.45, 7) is 17.6. The number of anilines is 2. The fourth-order valence-corrected chi connectivity index (χ4v) is 3.86. The Kier molecular flexibility index (Phi) is 13.2. The molecule has 0 N–H and O–H groups in total. The first-order valence-corrected chi connectivity index (χ1v) is 12.5. The van der Waals surface area contributed by atoms with Crippen LogP contribution in [0.25, 0.3) is 28.0 Å². The van der Waals surface area contributed by atoms with E-state index in [1.165, 1.54) is 5.56 Å². The summed E-state index contributed by atoms with van der Waals surface area (Å²) in [5.74, 6) is 0. The van der Waals surface area contributed by atoms with E-state index in [2.05, 4.69) is 84.8 Å². The van der Waals surface area contributed by atoms with Gasteiger partial charge in [0.05, 0.1) is 0 Å². The molecule has 4 aromatic rings. The van der Waals surface area contributed by atoms with E-state index in [9.17, 15) is 0 Å². The van der Waals surface area contributed by atoms with Crippen LogP contribution in [0.4, 0.5) is 11.4 Å². The summed E-state index contributed by atoms with van der Waals surface area (Å²) in [6, 6.07) is 32.1. The molecule has 3 aromatic carbocycles. The van der Waals surface area contributed by atoms with Gasteiger partial charge in [-0.25, -0.2) is 12.7 Å². The number of aliphatic imine (C=N–C) groups is 1. The summed E-state index contributed by atoms with van der Waals surface area (Å²) in [5, 5.41) is 0. The van der Waals surface area contributed by atoms with Gasteiger partial charge in [0.25, 0.3) is 0 Å². The van der Waals surface area contributed by atoms with Crippen LogP contribution in [0.1, 0.15) is 12.5 Å². The third-order valence-electron chi connectivity index (χ3n) is 5.87. The minimum Gasteiger partial charge on any atom is -0.365 e. The van der Waals surface area contributed by atoms with Crippen LogP contribution in [0.2, 0.25) is 0 Å². The first kappa shape index (κ1) is 31.9. The summed E-state index contributed by atoms with van der Waals surface area (Å²) >= 11 is 0. The Balaban J connectivity index is 0.00000105. The van der Waals surface area contributed by atoms with E-state index < -0.39 is 0 Å². The molecule has 202 valence electrons. The van der Waals surface area contributed by atoms with Gasteiger partial charge in [0.2, 0.25) is 0 Å². The van der Waals surface area contributed by atoms with Crippen molar-refractivity contribution in [3.63, 3.8) is 0 Å². The molecular weight excluding hydrogens is 669 g/mol. The maximum absolute atomic E-state index is 4.58. The van der Waals surface area contributed by atoms with Crippen molar-refractivity contribution in [2.45, 2.75) is 6.92 Å². The van der Waals surface area contributed by atoms with Crippen molar-refractivity contribution < 1.29 is 21.1 Å². The van der Waals surface area contributed by atoms with Gasteiger partial charge in [-0.2, -0.15) is 6.58 Å². The van der Waals surface area contributed by atoms with Gasteiger partial charge in [-0.1, -0.05) is 79.9 Å². The Bertz CT molecular complexity index is 1480. The molecule has 0 amide bonds. The Hall–Kier alpha value is -4.33. The van der Waals surface area contributed by atoms with Crippen LogP contribution in [-0.4, -0.2) is 18.2 Å². The zero-order chi connectivity index (χ0) is 28.0. The van der Waals surface area contributed by atoms with Crippen molar-refractivity contribution in [1.82, 2.24) is 4.98 Å². The predicted molar refractivity (Wildman–Crippen MR) is 169 cm³/mol. The van der Waals surface area contributed by atoms with Crippen molar-refractivity contribution in [3.05, 3.63) is 159 Å². The molecule has 0 saturated heterocycles. The number of benzene rings is 3. The molecule has 40 heavy (non-hydrogen) atoms. The summed E-state index contributed by atoms with van der Waals surface area (Å²) in [7, 11) is 1.75. The van der Waals surface area contributed by atoms with E-state index >= 15 is 0 Å². The molecule has 0 atom stereocenters. The van der Waals surface area contributed by atoms with E-state index in [0.29, 0.717) is 5.70 Å². The average molecular weight is 703 g/mol. The standard InChI is InChI=1S/C33H26N2.C3H7N.Pt/c1-5-12-26(7-3)29-21-22-34-33(24-29)30-15-11-16-32(23-30)35(25(4)6-2)31-19-17-28(18-20-31)27-13-9-8-10-14-27;1-3-4-2;/h5,7-22,24H,1-4H2;3H,1-2H3;/q-2;;+2/b26-12+;;. The smallest absolute Gasteiger partial charge is 0.365 e. The summed E-state index contributed by atoms with van der Waals surface area (Å²) in [6.07, 6.45) is 12.0. The molecule has 3 nitrogen and oxygen atoms in total. The van der Waals surface area contributed by atoms with Crippen LogP contribution < -0.4 is 4.90 Å². The van der Waals surface area contributed by atoms with Crippen molar-refractivity contribution in [2.24, 2.45) is 4.99 Å². The first-order valence-electron chi connectivity index (χ1n) is 12.5. The number of nitrogens with zero attached hydrogens (tertiary/aromatic N) is 3. The number of hydrogen-bond acceptors (Lipinski definition) is 3. The molecule has 1 heterocycles. The molecule has 0 unspecified atom stereocenters. The van der Waals surface area contributed by atoms with Crippen molar-refractivity contribution in [3.8, 4) is 22.4 Å². The number of hydrogen-bond donors (Lipinski definition) is 0. The molecule has 0 spiro atoms. The topological polar surface area (TPSA) is 28.5 Å².